The maximum Gasteiger partial charge on any atom is 0.259 e. The molecule has 0 fully saturated rings. The molecule has 0 bridgehead atoms. The molecule has 5 nitrogen and oxygen atoms in total. The van der Waals surface area contributed by atoms with E-state index in [4.69, 9.17) is 0 Å². The molecule has 0 saturated heterocycles. The Morgan fingerprint density at radius 3 is 2.12 bits per heavy atom. The second kappa shape index (κ2) is 10.0. The van der Waals surface area contributed by atoms with Gasteiger partial charge in [-0.1, -0.05) is 60.7 Å². The van der Waals surface area contributed by atoms with Gasteiger partial charge in [0.1, 0.15) is 0 Å². The second-order valence-corrected chi connectivity index (χ2v) is 5.81. The molecule has 5 heteroatoms. The normalized spacial score (nSPS) is 11.0. The van der Waals surface area contributed by atoms with E-state index in [1.807, 2.05) is 67.6 Å². The Labute approximate surface area is 148 Å². The fraction of sp³-hybridized carbons (Fsp3) is 0.250. The highest BCUT2D eigenvalue weighted by atomic mass is 16.2. The summed E-state index contributed by atoms with van der Waals surface area (Å²) in [7, 11) is 0. The number of hydrogen-bond acceptors (Lipinski definition) is 3. The van der Waals surface area contributed by atoms with Crippen molar-refractivity contribution in [3.05, 3.63) is 71.8 Å². The Morgan fingerprint density at radius 2 is 1.48 bits per heavy atom. The highest BCUT2D eigenvalue weighted by Gasteiger charge is 2.05. The van der Waals surface area contributed by atoms with E-state index in [-0.39, 0.29) is 18.4 Å². The van der Waals surface area contributed by atoms with Crippen LogP contribution in [0.25, 0.3) is 0 Å². The van der Waals surface area contributed by atoms with Gasteiger partial charge in [0.25, 0.3) is 5.91 Å². The van der Waals surface area contributed by atoms with Crippen LogP contribution in [0.5, 0.6) is 0 Å². The zero-order valence-corrected chi connectivity index (χ0v) is 14.4. The van der Waals surface area contributed by atoms with Gasteiger partial charge in [-0.3, -0.25) is 9.59 Å². The quantitative estimate of drug-likeness (QED) is 0.574. The number of carbonyl (C=O) groups is 2. The van der Waals surface area contributed by atoms with E-state index in [9.17, 15) is 9.59 Å². The van der Waals surface area contributed by atoms with Gasteiger partial charge in [-0.2, -0.15) is 5.10 Å². The van der Waals surface area contributed by atoms with Crippen LogP contribution in [0, 0.1) is 0 Å². The summed E-state index contributed by atoms with van der Waals surface area (Å²) in [6.45, 7) is 1.78. The van der Waals surface area contributed by atoms with E-state index in [2.05, 4.69) is 15.8 Å². The van der Waals surface area contributed by atoms with Crippen LogP contribution in [0.3, 0.4) is 0 Å². The summed E-state index contributed by atoms with van der Waals surface area (Å²) < 4.78 is 0. The van der Waals surface area contributed by atoms with Crippen molar-refractivity contribution in [1.29, 1.82) is 0 Å². The minimum atomic E-state index is -0.333. The van der Waals surface area contributed by atoms with Crippen LogP contribution < -0.4 is 10.7 Å². The fourth-order valence-corrected chi connectivity index (χ4v) is 2.30. The van der Waals surface area contributed by atoms with Crippen molar-refractivity contribution < 1.29 is 9.59 Å². The lowest BCUT2D eigenvalue weighted by molar-refractivity contribution is -0.126. The minimum absolute atomic E-state index is 0.0737. The number of hydrogen-bond donors (Lipinski definition) is 2. The van der Waals surface area contributed by atoms with Crippen molar-refractivity contribution in [2.24, 2.45) is 5.10 Å². The van der Waals surface area contributed by atoms with Crippen molar-refractivity contribution >= 4 is 17.5 Å². The maximum absolute atomic E-state index is 11.8. The second-order valence-electron chi connectivity index (χ2n) is 5.81. The number of hydrazone groups is 1. The third-order valence-corrected chi connectivity index (χ3v) is 3.60. The Kier molecular flexibility index (Phi) is 7.38. The van der Waals surface area contributed by atoms with E-state index in [0.717, 1.165) is 16.8 Å². The SMILES string of the molecule is C/C(Cc1ccccc1)=N\NC(=O)CNC(=O)CCc1ccccc1. The molecule has 0 radical (unpaired) electrons. The molecule has 25 heavy (non-hydrogen) atoms. The molecule has 2 rings (SSSR count). The Balaban J connectivity index is 1.66. The van der Waals surface area contributed by atoms with Gasteiger partial charge in [-0.15, -0.1) is 0 Å². The smallest absolute Gasteiger partial charge is 0.259 e. The van der Waals surface area contributed by atoms with Crippen molar-refractivity contribution in [3.8, 4) is 0 Å². The molecule has 0 aliphatic carbocycles. The molecule has 0 atom stereocenters. The molecule has 2 aromatic carbocycles. The molecule has 0 aliphatic rings. The number of amides is 2. The molecule has 0 unspecified atom stereocenters. The number of benzene rings is 2. The Bertz CT molecular complexity index is 712. The molecule has 2 N–H and O–H groups in total. The number of rotatable bonds is 8. The Morgan fingerprint density at radius 1 is 0.880 bits per heavy atom. The summed E-state index contributed by atoms with van der Waals surface area (Å²) in [4.78, 5) is 23.5. The highest BCUT2D eigenvalue weighted by Crippen LogP contribution is 2.02. The average molecular weight is 337 g/mol. The van der Waals surface area contributed by atoms with Crippen molar-refractivity contribution in [2.45, 2.75) is 26.2 Å². The Hall–Kier alpha value is -2.95. The molecule has 2 amide bonds. The molecule has 130 valence electrons. The van der Waals surface area contributed by atoms with Gasteiger partial charge in [0.2, 0.25) is 5.91 Å². The maximum atomic E-state index is 11.8. The van der Waals surface area contributed by atoms with Crippen LogP contribution in [0.15, 0.2) is 65.8 Å². The van der Waals surface area contributed by atoms with Crippen molar-refractivity contribution in [1.82, 2.24) is 10.7 Å². The fourth-order valence-electron chi connectivity index (χ4n) is 2.30. The number of carbonyl (C=O) groups excluding carboxylic acids is 2. The van der Waals surface area contributed by atoms with Gasteiger partial charge in [-0.25, -0.2) is 5.43 Å². The standard InChI is InChI=1S/C20H23N3O2/c1-16(14-18-10-6-3-7-11-18)22-23-20(25)15-21-19(24)13-12-17-8-4-2-5-9-17/h2-11H,12-15H2,1H3,(H,21,24)(H,23,25)/b22-16+. The molecule has 0 spiro atoms. The molecule has 0 saturated carbocycles. The van der Waals surface area contributed by atoms with Gasteiger partial charge >= 0.3 is 0 Å². The van der Waals surface area contributed by atoms with Crippen LogP contribution in [0.4, 0.5) is 0 Å². The molecular formula is C20H23N3O2. The first-order valence-corrected chi connectivity index (χ1v) is 8.30. The van der Waals surface area contributed by atoms with Crippen LogP contribution in [0.1, 0.15) is 24.5 Å². The molecular weight excluding hydrogens is 314 g/mol. The lowest BCUT2D eigenvalue weighted by Gasteiger charge is -2.05. The summed E-state index contributed by atoms with van der Waals surface area (Å²) in [5.41, 5.74) is 5.50. The van der Waals surface area contributed by atoms with Gasteiger partial charge in [-0.05, 0) is 24.5 Å². The topological polar surface area (TPSA) is 70.6 Å². The first-order chi connectivity index (χ1) is 12.1. The van der Waals surface area contributed by atoms with Gasteiger partial charge in [0, 0.05) is 18.6 Å². The summed E-state index contributed by atoms with van der Waals surface area (Å²) in [6.07, 6.45) is 1.68. The summed E-state index contributed by atoms with van der Waals surface area (Å²) in [5.74, 6) is -0.482. The lowest BCUT2D eigenvalue weighted by atomic mass is 10.1. The highest BCUT2D eigenvalue weighted by molar-refractivity contribution is 5.88. The van der Waals surface area contributed by atoms with E-state index < -0.39 is 0 Å². The zero-order valence-electron chi connectivity index (χ0n) is 14.4. The summed E-state index contributed by atoms with van der Waals surface area (Å²) >= 11 is 0. The summed E-state index contributed by atoms with van der Waals surface area (Å²) in [5, 5.41) is 6.66. The molecule has 0 heterocycles. The predicted molar refractivity (Wildman–Crippen MR) is 99.2 cm³/mol. The first-order valence-electron chi connectivity index (χ1n) is 8.30. The number of nitrogens with one attached hydrogen (secondary N) is 2. The van der Waals surface area contributed by atoms with Crippen LogP contribution in [-0.4, -0.2) is 24.1 Å². The van der Waals surface area contributed by atoms with Gasteiger partial charge < -0.3 is 5.32 Å². The summed E-state index contributed by atoms with van der Waals surface area (Å²) in [6, 6.07) is 19.7. The first kappa shape index (κ1) is 18.4. The third-order valence-electron chi connectivity index (χ3n) is 3.60. The van der Waals surface area contributed by atoms with E-state index >= 15 is 0 Å². The average Bonchev–Trinajstić information content (AvgIpc) is 2.64. The monoisotopic (exact) mass is 337 g/mol. The largest absolute Gasteiger partial charge is 0.347 e. The number of aryl methyl sites for hydroxylation is 1. The molecule has 0 aliphatic heterocycles. The lowest BCUT2D eigenvalue weighted by Crippen LogP contribution is -2.35. The van der Waals surface area contributed by atoms with E-state index in [1.165, 1.54) is 0 Å². The number of nitrogens with zero attached hydrogens (tertiary/aromatic N) is 1. The molecule has 2 aromatic rings. The predicted octanol–water partition coefficient (Wildman–Crippen LogP) is 2.47. The molecule has 0 aromatic heterocycles. The van der Waals surface area contributed by atoms with Crippen LogP contribution >= 0.6 is 0 Å². The van der Waals surface area contributed by atoms with Crippen LogP contribution in [-0.2, 0) is 22.4 Å². The minimum Gasteiger partial charge on any atom is -0.347 e. The van der Waals surface area contributed by atoms with E-state index in [1.54, 1.807) is 0 Å². The van der Waals surface area contributed by atoms with Gasteiger partial charge in [0.15, 0.2) is 0 Å². The van der Waals surface area contributed by atoms with Gasteiger partial charge in [0.05, 0.1) is 6.54 Å². The third kappa shape index (κ3) is 7.44. The van der Waals surface area contributed by atoms with E-state index in [0.29, 0.717) is 19.3 Å². The van der Waals surface area contributed by atoms with Crippen LogP contribution in [0.2, 0.25) is 0 Å². The zero-order chi connectivity index (χ0) is 17.9. The van der Waals surface area contributed by atoms with Crippen molar-refractivity contribution in [3.63, 3.8) is 0 Å². The van der Waals surface area contributed by atoms with Crippen molar-refractivity contribution in [2.75, 3.05) is 6.54 Å².